The van der Waals surface area contributed by atoms with E-state index in [2.05, 4.69) is 55.0 Å². The van der Waals surface area contributed by atoms with Crippen molar-refractivity contribution >= 4 is 17.7 Å². The molecule has 0 aliphatic carbocycles. The van der Waals surface area contributed by atoms with E-state index in [1.165, 1.54) is 18.6 Å². The molecule has 2 heterocycles. The highest BCUT2D eigenvalue weighted by Gasteiger charge is 2.29. The molecule has 0 radical (unpaired) electrons. The van der Waals surface area contributed by atoms with Crippen molar-refractivity contribution < 1.29 is 4.74 Å². The summed E-state index contributed by atoms with van der Waals surface area (Å²) < 4.78 is 6.24. The fraction of sp³-hybridized carbons (Fsp3) is 0.944. The number of ether oxygens (including phenoxy) is 1. The third-order valence-corrected chi connectivity index (χ3v) is 6.08. The standard InChI is InChI=1S/C18H36N4OS/c1-5-19-17(21-14-18(4)7-6-10-24-18)20-11-16-13-22(8-9-23-16)12-15(2)3/h15-16H,5-14H2,1-4H3,(H2,19,20,21). The van der Waals surface area contributed by atoms with E-state index in [0.29, 0.717) is 10.7 Å². The monoisotopic (exact) mass is 356 g/mol. The maximum Gasteiger partial charge on any atom is 0.191 e. The van der Waals surface area contributed by atoms with E-state index in [-0.39, 0.29) is 6.10 Å². The van der Waals surface area contributed by atoms with Crippen LogP contribution in [0.15, 0.2) is 4.99 Å². The van der Waals surface area contributed by atoms with E-state index in [1.807, 2.05) is 0 Å². The molecule has 2 fully saturated rings. The van der Waals surface area contributed by atoms with E-state index < -0.39 is 0 Å². The average Bonchev–Trinajstić information content (AvgIpc) is 2.97. The van der Waals surface area contributed by atoms with Gasteiger partial charge in [0.25, 0.3) is 0 Å². The molecule has 2 atom stereocenters. The number of rotatable bonds is 7. The predicted octanol–water partition coefficient (Wildman–Crippen LogP) is 2.18. The Morgan fingerprint density at radius 3 is 2.92 bits per heavy atom. The van der Waals surface area contributed by atoms with Gasteiger partial charge in [-0.15, -0.1) is 0 Å². The van der Waals surface area contributed by atoms with Gasteiger partial charge in [-0.2, -0.15) is 11.8 Å². The second kappa shape index (κ2) is 9.88. The van der Waals surface area contributed by atoms with E-state index in [4.69, 9.17) is 9.73 Å². The fourth-order valence-corrected chi connectivity index (χ4v) is 4.57. The summed E-state index contributed by atoms with van der Waals surface area (Å²) in [5.74, 6) is 2.91. The summed E-state index contributed by atoms with van der Waals surface area (Å²) in [6, 6.07) is 0. The Labute approximate surface area is 152 Å². The minimum Gasteiger partial charge on any atom is -0.374 e. The normalized spacial score (nSPS) is 29.2. The number of nitrogens with one attached hydrogen (secondary N) is 2. The van der Waals surface area contributed by atoms with Gasteiger partial charge in [0.2, 0.25) is 0 Å². The molecular formula is C18H36N4OS. The number of nitrogens with zero attached hydrogens (tertiary/aromatic N) is 2. The Balaban J connectivity index is 1.79. The topological polar surface area (TPSA) is 48.9 Å². The van der Waals surface area contributed by atoms with Crippen molar-refractivity contribution in [2.75, 3.05) is 51.6 Å². The van der Waals surface area contributed by atoms with Crippen LogP contribution < -0.4 is 10.6 Å². The highest BCUT2D eigenvalue weighted by Crippen LogP contribution is 2.37. The Hall–Kier alpha value is -0.460. The molecule has 0 aromatic rings. The van der Waals surface area contributed by atoms with Gasteiger partial charge in [-0.1, -0.05) is 13.8 Å². The second-order valence-corrected chi connectivity index (χ2v) is 9.31. The molecule has 2 N–H and O–H groups in total. The molecule has 0 aromatic carbocycles. The third-order valence-electron chi connectivity index (χ3n) is 4.56. The Bertz CT molecular complexity index is 396. The number of guanidine groups is 1. The lowest BCUT2D eigenvalue weighted by Crippen LogP contribution is -2.50. The predicted molar refractivity (Wildman–Crippen MR) is 105 cm³/mol. The van der Waals surface area contributed by atoms with Crippen LogP contribution >= 0.6 is 11.8 Å². The summed E-state index contributed by atoms with van der Waals surface area (Å²) in [5, 5.41) is 6.85. The van der Waals surface area contributed by atoms with Crippen molar-refractivity contribution in [3.8, 4) is 0 Å². The van der Waals surface area contributed by atoms with Crippen LogP contribution in [0.2, 0.25) is 0 Å². The van der Waals surface area contributed by atoms with Gasteiger partial charge in [0.05, 0.1) is 19.3 Å². The van der Waals surface area contributed by atoms with Crippen LogP contribution in [0.25, 0.3) is 0 Å². The van der Waals surface area contributed by atoms with Crippen molar-refractivity contribution in [2.24, 2.45) is 10.9 Å². The van der Waals surface area contributed by atoms with Crippen molar-refractivity contribution in [2.45, 2.75) is 51.4 Å². The number of thioether (sulfide) groups is 1. The summed E-state index contributed by atoms with van der Waals surface area (Å²) >= 11 is 2.06. The van der Waals surface area contributed by atoms with Gasteiger partial charge in [-0.3, -0.25) is 9.89 Å². The molecule has 2 saturated heterocycles. The maximum absolute atomic E-state index is 5.93. The van der Waals surface area contributed by atoms with Crippen LogP contribution in [0.5, 0.6) is 0 Å². The third kappa shape index (κ3) is 6.81. The summed E-state index contributed by atoms with van der Waals surface area (Å²) in [4.78, 5) is 7.34. The van der Waals surface area contributed by atoms with Gasteiger partial charge < -0.3 is 15.4 Å². The second-order valence-electron chi connectivity index (χ2n) is 7.62. The molecule has 0 aromatic heterocycles. The van der Waals surface area contributed by atoms with Crippen LogP contribution in [0.3, 0.4) is 0 Å². The van der Waals surface area contributed by atoms with Gasteiger partial charge in [-0.05, 0) is 38.4 Å². The van der Waals surface area contributed by atoms with Crippen LogP contribution in [-0.4, -0.2) is 73.3 Å². The number of hydrogen-bond acceptors (Lipinski definition) is 4. The zero-order valence-electron chi connectivity index (χ0n) is 15.9. The molecule has 0 bridgehead atoms. The average molecular weight is 357 g/mol. The molecule has 0 spiro atoms. The summed E-state index contributed by atoms with van der Waals surface area (Å²) in [7, 11) is 0. The molecule has 2 aliphatic rings. The minimum atomic E-state index is 0.248. The smallest absolute Gasteiger partial charge is 0.191 e. The van der Waals surface area contributed by atoms with Gasteiger partial charge in [0, 0.05) is 37.5 Å². The number of hydrogen-bond donors (Lipinski definition) is 2. The highest BCUT2D eigenvalue weighted by molar-refractivity contribution is 8.00. The molecular weight excluding hydrogens is 320 g/mol. The van der Waals surface area contributed by atoms with Crippen molar-refractivity contribution in [3.63, 3.8) is 0 Å². The maximum atomic E-state index is 5.93. The van der Waals surface area contributed by atoms with Gasteiger partial charge in [0.15, 0.2) is 5.96 Å². The quantitative estimate of drug-likeness (QED) is 0.541. The lowest BCUT2D eigenvalue weighted by atomic mass is 10.1. The molecule has 2 unspecified atom stereocenters. The number of morpholine rings is 1. The summed E-state index contributed by atoms with van der Waals surface area (Å²) in [5.41, 5.74) is 0. The SMILES string of the molecule is CCNC(=NCC1(C)CCCS1)NCC1CN(CC(C)C)CCO1. The van der Waals surface area contributed by atoms with Crippen LogP contribution in [0.1, 0.15) is 40.5 Å². The zero-order chi connectivity index (χ0) is 17.4. The molecule has 5 nitrogen and oxygen atoms in total. The first-order valence-corrected chi connectivity index (χ1v) is 10.5. The molecule has 0 amide bonds. The Kier molecular flexibility index (Phi) is 8.17. The summed E-state index contributed by atoms with van der Waals surface area (Å²) in [6.45, 7) is 15.7. The van der Waals surface area contributed by atoms with Gasteiger partial charge in [0.1, 0.15) is 0 Å². The van der Waals surface area contributed by atoms with Crippen LogP contribution in [0.4, 0.5) is 0 Å². The molecule has 140 valence electrons. The van der Waals surface area contributed by atoms with Gasteiger partial charge in [-0.25, -0.2) is 0 Å². The zero-order valence-corrected chi connectivity index (χ0v) is 16.8. The summed E-state index contributed by atoms with van der Waals surface area (Å²) in [6.07, 6.45) is 2.84. The first-order valence-electron chi connectivity index (χ1n) is 9.51. The molecule has 0 saturated carbocycles. The van der Waals surface area contributed by atoms with Crippen LogP contribution in [0, 0.1) is 5.92 Å². The van der Waals surface area contributed by atoms with E-state index in [1.54, 1.807) is 0 Å². The van der Waals surface area contributed by atoms with E-state index in [0.717, 1.165) is 51.8 Å². The van der Waals surface area contributed by atoms with Crippen molar-refractivity contribution in [1.29, 1.82) is 0 Å². The largest absolute Gasteiger partial charge is 0.374 e. The molecule has 2 rings (SSSR count). The fourth-order valence-electron chi connectivity index (χ4n) is 3.35. The Morgan fingerprint density at radius 2 is 2.25 bits per heavy atom. The molecule has 24 heavy (non-hydrogen) atoms. The lowest BCUT2D eigenvalue weighted by Gasteiger charge is -2.34. The molecule has 6 heteroatoms. The van der Waals surface area contributed by atoms with E-state index in [9.17, 15) is 0 Å². The van der Waals surface area contributed by atoms with Crippen LogP contribution in [-0.2, 0) is 4.74 Å². The van der Waals surface area contributed by atoms with E-state index >= 15 is 0 Å². The van der Waals surface area contributed by atoms with Crippen molar-refractivity contribution in [1.82, 2.24) is 15.5 Å². The number of aliphatic imine (C=N–C) groups is 1. The van der Waals surface area contributed by atoms with Crippen molar-refractivity contribution in [3.05, 3.63) is 0 Å². The first kappa shape index (κ1) is 19.9. The molecule has 2 aliphatic heterocycles. The highest BCUT2D eigenvalue weighted by atomic mass is 32.2. The first-order chi connectivity index (χ1) is 11.5. The lowest BCUT2D eigenvalue weighted by molar-refractivity contribution is -0.0284. The minimum absolute atomic E-state index is 0.248. The Morgan fingerprint density at radius 1 is 1.42 bits per heavy atom. The van der Waals surface area contributed by atoms with Gasteiger partial charge >= 0.3 is 0 Å².